The highest BCUT2D eigenvalue weighted by atomic mass is 16.4. The summed E-state index contributed by atoms with van der Waals surface area (Å²) in [5.41, 5.74) is 1.80. The van der Waals surface area contributed by atoms with Crippen molar-refractivity contribution in [2.45, 2.75) is 6.92 Å². The van der Waals surface area contributed by atoms with Gasteiger partial charge >= 0.3 is 5.97 Å². The Labute approximate surface area is 73.4 Å². The molecule has 0 saturated heterocycles. The highest BCUT2D eigenvalue weighted by molar-refractivity contribution is 5.98. The van der Waals surface area contributed by atoms with Gasteiger partial charge in [0.25, 0.3) is 0 Å². The van der Waals surface area contributed by atoms with E-state index in [1.54, 1.807) is 19.1 Å². The normalized spacial score (nSPS) is 10.5. The van der Waals surface area contributed by atoms with E-state index in [0.717, 1.165) is 5.69 Å². The number of nitrogens with one attached hydrogen (secondary N) is 1. The van der Waals surface area contributed by atoms with Crippen molar-refractivity contribution < 1.29 is 9.90 Å². The maximum absolute atomic E-state index is 10.7. The molecule has 0 fully saturated rings. The van der Waals surface area contributed by atoms with Crippen LogP contribution in [0.4, 0.5) is 0 Å². The molecule has 0 atom stereocenters. The van der Waals surface area contributed by atoms with Crippen LogP contribution in [0.15, 0.2) is 12.1 Å². The molecule has 0 amide bonds. The van der Waals surface area contributed by atoms with Crippen LogP contribution >= 0.6 is 0 Å². The standard InChI is InChI=1S/C8H7N3O2/c1-4-2-3-5-6(9-4)7(8(12)13)11-10-5/h2-3H,1H3,(H,10,11)(H,12,13). The van der Waals surface area contributed by atoms with Crippen LogP contribution in [0.2, 0.25) is 0 Å². The third-order valence-electron chi connectivity index (χ3n) is 1.75. The first kappa shape index (κ1) is 7.72. The quantitative estimate of drug-likeness (QED) is 0.680. The minimum absolute atomic E-state index is 0.0290. The molecule has 0 unspecified atom stereocenters. The van der Waals surface area contributed by atoms with E-state index in [4.69, 9.17) is 5.11 Å². The Hall–Kier alpha value is -1.91. The molecule has 0 saturated carbocycles. The number of aromatic carboxylic acids is 1. The number of hydrogen-bond acceptors (Lipinski definition) is 3. The molecule has 5 heteroatoms. The van der Waals surface area contributed by atoms with Crippen LogP contribution < -0.4 is 0 Å². The van der Waals surface area contributed by atoms with E-state index >= 15 is 0 Å². The number of aromatic nitrogens is 3. The Kier molecular flexibility index (Phi) is 1.51. The largest absolute Gasteiger partial charge is 0.476 e. The van der Waals surface area contributed by atoms with Crippen molar-refractivity contribution in [3.05, 3.63) is 23.5 Å². The Morgan fingerprint density at radius 1 is 1.54 bits per heavy atom. The smallest absolute Gasteiger partial charge is 0.358 e. The molecule has 0 aliphatic carbocycles. The van der Waals surface area contributed by atoms with Crippen molar-refractivity contribution in [3.63, 3.8) is 0 Å². The number of pyridine rings is 1. The maximum atomic E-state index is 10.7. The van der Waals surface area contributed by atoms with Gasteiger partial charge in [-0.3, -0.25) is 5.10 Å². The van der Waals surface area contributed by atoms with Crippen LogP contribution in [0.1, 0.15) is 16.2 Å². The summed E-state index contributed by atoms with van der Waals surface area (Å²) < 4.78 is 0. The highest BCUT2D eigenvalue weighted by Gasteiger charge is 2.13. The molecule has 2 rings (SSSR count). The van der Waals surface area contributed by atoms with Gasteiger partial charge in [-0.2, -0.15) is 5.10 Å². The Balaban J connectivity index is 2.79. The predicted octanol–water partition coefficient (Wildman–Crippen LogP) is 0.965. The number of hydrogen-bond donors (Lipinski definition) is 2. The highest BCUT2D eigenvalue weighted by Crippen LogP contribution is 2.13. The van der Waals surface area contributed by atoms with E-state index in [0.29, 0.717) is 11.0 Å². The lowest BCUT2D eigenvalue weighted by Crippen LogP contribution is -1.98. The van der Waals surface area contributed by atoms with Gasteiger partial charge in [-0.1, -0.05) is 0 Å². The zero-order chi connectivity index (χ0) is 9.42. The first-order valence-electron chi connectivity index (χ1n) is 3.73. The van der Waals surface area contributed by atoms with E-state index in [1.165, 1.54) is 0 Å². The number of carboxylic acids is 1. The lowest BCUT2D eigenvalue weighted by atomic mass is 10.3. The molecule has 2 aromatic heterocycles. The molecule has 2 heterocycles. The van der Waals surface area contributed by atoms with E-state index in [-0.39, 0.29) is 5.69 Å². The minimum Gasteiger partial charge on any atom is -0.476 e. The average molecular weight is 177 g/mol. The fraction of sp³-hybridized carbons (Fsp3) is 0.125. The number of rotatable bonds is 1. The van der Waals surface area contributed by atoms with Crippen LogP contribution in [0.5, 0.6) is 0 Å². The van der Waals surface area contributed by atoms with Crippen LogP contribution in [-0.4, -0.2) is 26.3 Å². The van der Waals surface area contributed by atoms with Gasteiger partial charge in [0.15, 0.2) is 5.69 Å². The molecule has 0 aromatic carbocycles. The van der Waals surface area contributed by atoms with Crippen LogP contribution in [-0.2, 0) is 0 Å². The molecule has 0 aliphatic rings. The second kappa shape index (κ2) is 2.55. The molecular formula is C8H7N3O2. The van der Waals surface area contributed by atoms with Gasteiger partial charge in [0.1, 0.15) is 5.52 Å². The van der Waals surface area contributed by atoms with E-state index in [9.17, 15) is 4.79 Å². The van der Waals surface area contributed by atoms with Crippen molar-refractivity contribution in [1.82, 2.24) is 15.2 Å². The number of nitrogens with zero attached hydrogens (tertiary/aromatic N) is 2. The number of carbonyl (C=O) groups is 1. The zero-order valence-electron chi connectivity index (χ0n) is 6.90. The molecule has 0 bridgehead atoms. The molecule has 5 nitrogen and oxygen atoms in total. The zero-order valence-corrected chi connectivity index (χ0v) is 6.90. The minimum atomic E-state index is -1.07. The molecule has 2 aromatic rings. The van der Waals surface area contributed by atoms with Gasteiger partial charge in [0.2, 0.25) is 0 Å². The SMILES string of the molecule is Cc1ccc2[nH]nc(C(=O)O)c2n1. The fourth-order valence-electron chi connectivity index (χ4n) is 1.15. The van der Waals surface area contributed by atoms with Gasteiger partial charge < -0.3 is 5.11 Å². The molecule has 13 heavy (non-hydrogen) atoms. The van der Waals surface area contributed by atoms with E-state index in [1.807, 2.05) is 0 Å². The van der Waals surface area contributed by atoms with Gasteiger partial charge in [-0.25, -0.2) is 9.78 Å². The summed E-state index contributed by atoms with van der Waals surface area (Å²) in [4.78, 5) is 14.7. The average Bonchev–Trinajstić information content (AvgIpc) is 2.46. The topological polar surface area (TPSA) is 78.9 Å². The van der Waals surface area contributed by atoms with Gasteiger partial charge in [-0.15, -0.1) is 0 Å². The molecular weight excluding hydrogens is 170 g/mol. The number of H-pyrrole nitrogens is 1. The van der Waals surface area contributed by atoms with E-state index in [2.05, 4.69) is 15.2 Å². The Morgan fingerprint density at radius 2 is 2.31 bits per heavy atom. The summed E-state index contributed by atoms with van der Waals surface area (Å²) in [6.45, 7) is 1.80. The lowest BCUT2D eigenvalue weighted by molar-refractivity contribution is 0.0692. The van der Waals surface area contributed by atoms with Crippen LogP contribution in [0.3, 0.4) is 0 Å². The number of aryl methyl sites for hydroxylation is 1. The molecule has 0 radical (unpaired) electrons. The van der Waals surface area contributed by atoms with Crippen molar-refractivity contribution >= 4 is 17.0 Å². The van der Waals surface area contributed by atoms with E-state index < -0.39 is 5.97 Å². The summed E-state index contributed by atoms with van der Waals surface area (Å²) in [6, 6.07) is 3.56. The maximum Gasteiger partial charge on any atom is 0.358 e. The van der Waals surface area contributed by atoms with Crippen LogP contribution in [0, 0.1) is 6.92 Å². The van der Waals surface area contributed by atoms with Crippen molar-refractivity contribution in [1.29, 1.82) is 0 Å². The number of carboxylic acid groups (broad SMARTS) is 1. The Bertz CT molecular complexity index is 475. The first-order chi connectivity index (χ1) is 6.18. The summed E-state index contributed by atoms with van der Waals surface area (Å²) in [7, 11) is 0. The fourth-order valence-corrected chi connectivity index (χ4v) is 1.15. The predicted molar refractivity (Wildman–Crippen MR) is 45.6 cm³/mol. The molecule has 66 valence electrons. The van der Waals surface area contributed by atoms with Gasteiger partial charge in [-0.05, 0) is 19.1 Å². The second-order valence-corrected chi connectivity index (χ2v) is 2.73. The van der Waals surface area contributed by atoms with Crippen molar-refractivity contribution in [2.24, 2.45) is 0 Å². The summed E-state index contributed by atoms with van der Waals surface area (Å²) >= 11 is 0. The summed E-state index contributed by atoms with van der Waals surface area (Å²) in [6.07, 6.45) is 0. The summed E-state index contributed by atoms with van der Waals surface area (Å²) in [5, 5.41) is 15.0. The first-order valence-corrected chi connectivity index (χ1v) is 3.73. The molecule has 0 aliphatic heterocycles. The number of aromatic amines is 1. The summed E-state index contributed by atoms with van der Waals surface area (Å²) in [5.74, 6) is -1.07. The monoisotopic (exact) mass is 177 g/mol. The van der Waals surface area contributed by atoms with Crippen LogP contribution in [0.25, 0.3) is 11.0 Å². The van der Waals surface area contributed by atoms with Gasteiger partial charge in [0, 0.05) is 5.69 Å². The van der Waals surface area contributed by atoms with Gasteiger partial charge in [0.05, 0.1) is 5.52 Å². The number of fused-ring (bicyclic) bond motifs is 1. The molecule has 0 spiro atoms. The lowest BCUT2D eigenvalue weighted by Gasteiger charge is -1.91. The second-order valence-electron chi connectivity index (χ2n) is 2.73. The van der Waals surface area contributed by atoms with Crippen molar-refractivity contribution in [2.75, 3.05) is 0 Å². The Morgan fingerprint density at radius 3 is 3.00 bits per heavy atom. The third-order valence-corrected chi connectivity index (χ3v) is 1.75. The van der Waals surface area contributed by atoms with Crippen molar-refractivity contribution in [3.8, 4) is 0 Å². The third kappa shape index (κ3) is 1.14. The molecule has 2 N–H and O–H groups in total.